The van der Waals surface area contributed by atoms with Crippen LogP contribution in [-0.4, -0.2) is 15.6 Å². The maximum Gasteiger partial charge on any atom is 0.352 e. The fraction of sp³-hybridized carbons (Fsp3) is 0.0714. The van der Waals surface area contributed by atoms with Gasteiger partial charge in [0.1, 0.15) is 5.69 Å². The molecule has 0 radical (unpaired) electrons. The number of hydrogen-bond acceptors (Lipinski definition) is 2. The number of aromatic nitrogens is 1. The van der Waals surface area contributed by atoms with E-state index in [-0.39, 0.29) is 5.69 Å². The summed E-state index contributed by atoms with van der Waals surface area (Å²) in [4.78, 5) is 11.3. The second-order valence-electron chi connectivity index (χ2n) is 4.18. The van der Waals surface area contributed by atoms with E-state index in [1.165, 1.54) is 6.07 Å². The first kappa shape index (κ1) is 11.9. The smallest absolute Gasteiger partial charge is 0.352 e. The van der Waals surface area contributed by atoms with Crippen LogP contribution in [0.25, 0.3) is 11.1 Å². The van der Waals surface area contributed by atoms with Gasteiger partial charge in [-0.1, -0.05) is 29.8 Å². The molecule has 2 aromatic heterocycles. The van der Waals surface area contributed by atoms with E-state index in [0.717, 1.165) is 11.1 Å². The molecule has 2 heterocycles. The maximum atomic E-state index is 11.3. The van der Waals surface area contributed by atoms with E-state index < -0.39 is 5.97 Å². The maximum absolute atomic E-state index is 11.3. The van der Waals surface area contributed by atoms with E-state index in [1.54, 1.807) is 23.0 Å². The summed E-state index contributed by atoms with van der Waals surface area (Å²) in [5, 5.41) is 9.85. The van der Waals surface area contributed by atoms with Crippen LogP contribution in [0.5, 0.6) is 0 Å². The number of carboxylic acids is 1. The fourth-order valence-corrected chi connectivity index (χ4v) is 2.32. The van der Waals surface area contributed by atoms with Gasteiger partial charge >= 0.3 is 5.97 Å². The number of furan rings is 1. The summed E-state index contributed by atoms with van der Waals surface area (Å²) in [5.74, 6) is -0.988. The molecule has 0 aliphatic heterocycles. The highest BCUT2D eigenvalue weighted by molar-refractivity contribution is 6.31. The molecular weight excluding hydrogens is 266 g/mol. The first-order valence-corrected chi connectivity index (χ1v) is 6.08. The quantitative estimate of drug-likeness (QED) is 0.794. The van der Waals surface area contributed by atoms with Crippen LogP contribution in [0.3, 0.4) is 0 Å². The van der Waals surface area contributed by atoms with Crippen molar-refractivity contribution in [3.05, 3.63) is 58.9 Å². The van der Waals surface area contributed by atoms with E-state index in [0.29, 0.717) is 17.2 Å². The number of halogens is 1. The third-order valence-corrected chi connectivity index (χ3v) is 3.40. The zero-order chi connectivity index (χ0) is 13.4. The molecular formula is C14H10ClNO3. The summed E-state index contributed by atoms with van der Waals surface area (Å²) < 4.78 is 6.92. The molecule has 0 aliphatic rings. The molecule has 0 saturated carbocycles. The number of carboxylic acid groups (broad SMARTS) is 1. The Morgan fingerprint density at radius 2 is 2.11 bits per heavy atom. The van der Waals surface area contributed by atoms with Crippen molar-refractivity contribution in [1.29, 1.82) is 0 Å². The van der Waals surface area contributed by atoms with Gasteiger partial charge in [-0.2, -0.15) is 0 Å². The molecule has 0 spiro atoms. The Bertz CT molecular complexity index is 757. The van der Waals surface area contributed by atoms with E-state index in [4.69, 9.17) is 16.0 Å². The fourth-order valence-electron chi connectivity index (χ4n) is 2.12. The van der Waals surface area contributed by atoms with Gasteiger partial charge in [-0.15, -0.1) is 0 Å². The van der Waals surface area contributed by atoms with Gasteiger partial charge in [0.05, 0.1) is 11.8 Å². The van der Waals surface area contributed by atoms with Crippen LogP contribution < -0.4 is 0 Å². The van der Waals surface area contributed by atoms with E-state index in [2.05, 4.69) is 0 Å². The van der Waals surface area contributed by atoms with Crippen molar-refractivity contribution in [3.63, 3.8) is 0 Å². The zero-order valence-corrected chi connectivity index (χ0v) is 10.6. The molecule has 0 saturated heterocycles. The average Bonchev–Trinajstić information content (AvgIpc) is 2.94. The van der Waals surface area contributed by atoms with Gasteiger partial charge in [-0.25, -0.2) is 4.79 Å². The summed E-state index contributed by atoms with van der Waals surface area (Å²) in [6.45, 7) is 0.393. The van der Waals surface area contributed by atoms with Crippen molar-refractivity contribution < 1.29 is 14.3 Å². The minimum Gasteiger partial charge on any atom is -0.477 e. The standard InChI is InChI=1S/C14H10ClNO3/c15-10-4-2-1-3-9(10)8-16-11-5-6-19-13(11)7-12(16)14(17)18/h1-7H,8H2,(H,17,18). The Labute approximate surface area is 113 Å². The first-order valence-electron chi connectivity index (χ1n) is 5.70. The molecule has 1 aromatic carbocycles. The second-order valence-corrected chi connectivity index (χ2v) is 4.59. The minimum atomic E-state index is -0.988. The Balaban J connectivity index is 2.13. The lowest BCUT2D eigenvalue weighted by Gasteiger charge is -2.08. The summed E-state index contributed by atoms with van der Waals surface area (Å²) in [6.07, 6.45) is 1.54. The van der Waals surface area contributed by atoms with Gasteiger partial charge in [0.2, 0.25) is 0 Å². The minimum absolute atomic E-state index is 0.189. The number of fused-ring (bicyclic) bond motifs is 1. The lowest BCUT2D eigenvalue weighted by atomic mass is 10.2. The number of carbonyl (C=O) groups is 1. The summed E-state index contributed by atoms with van der Waals surface area (Å²) in [6, 6.07) is 10.6. The monoisotopic (exact) mass is 275 g/mol. The molecule has 0 aliphatic carbocycles. The largest absolute Gasteiger partial charge is 0.477 e. The van der Waals surface area contributed by atoms with Crippen molar-refractivity contribution >= 4 is 28.7 Å². The van der Waals surface area contributed by atoms with E-state index in [9.17, 15) is 9.90 Å². The Morgan fingerprint density at radius 3 is 2.84 bits per heavy atom. The third kappa shape index (κ3) is 2.00. The second kappa shape index (κ2) is 4.48. The van der Waals surface area contributed by atoms with Gasteiger partial charge in [-0.3, -0.25) is 0 Å². The highest BCUT2D eigenvalue weighted by atomic mass is 35.5. The number of nitrogens with zero attached hydrogens (tertiary/aromatic N) is 1. The van der Waals surface area contributed by atoms with Gasteiger partial charge in [0, 0.05) is 23.7 Å². The topological polar surface area (TPSA) is 55.4 Å². The lowest BCUT2D eigenvalue weighted by Crippen LogP contribution is -2.09. The normalized spacial score (nSPS) is 11.0. The van der Waals surface area contributed by atoms with Crippen LogP contribution in [0.15, 0.2) is 47.1 Å². The molecule has 96 valence electrons. The zero-order valence-electron chi connectivity index (χ0n) is 9.84. The van der Waals surface area contributed by atoms with Crippen molar-refractivity contribution in [2.45, 2.75) is 6.54 Å². The molecule has 3 aromatic rings. The van der Waals surface area contributed by atoms with Crippen LogP contribution in [0.2, 0.25) is 5.02 Å². The number of benzene rings is 1. The molecule has 0 unspecified atom stereocenters. The summed E-state index contributed by atoms with van der Waals surface area (Å²) in [5.41, 5.74) is 2.36. The molecule has 19 heavy (non-hydrogen) atoms. The van der Waals surface area contributed by atoms with Crippen molar-refractivity contribution in [1.82, 2.24) is 4.57 Å². The summed E-state index contributed by atoms with van der Waals surface area (Å²) >= 11 is 6.11. The average molecular weight is 276 g/mol. The van der Waals surface area contributed by atoms with Gasteiger partial charge in [-0.05, 0) is 11.6 Å². The molecule has 0 fully saturated rings. The van der Waals surface area contributed by atoms with Crippen molar-refractivity contribution in [2.24, 2.45) is 0 Å². The van der Waals surface area contributed by atoms with Crippen molar-refractivity contribution in [2.75, 3.05) is 0 Å². The van der Waals surface area contributed by atoms with Gasteiger partial charge in [0.15, 0.2) is 5.58 Å². The Hall–Kier alpha value is -2.20. The van der Waals surface area contributed by atoms with Gasteiger partial charge in [0.25, 0.3) is 0 Å². The van der Waals surface area contributed by atoms with Crippen LogP contribution in [0.1, 0.15) is 16.1 Å². The SMILES string of the molecule is O=C(O)c1cc2occc2n1Cc1ccccc1Cl. The molecule has 3 rings (SSSR count). The Morgan fingerprint density at radius 1 is 1.32 bits per heavy atom. The molecule has 0 atom stereocenters. The Kier molecular flexibility index (Phi) is 2.80. The van der Waals surface area contributed by atoms with Crippen LogP contribution in [-0.2, 0) is 6.54 Å². The van der Waals surface area contributed by atoms with Crippen LogP contribution >= 0.6 is 11.6 Å². The predicted octanol–water partition coefficient (Wildman–Crippen LogP) is 3.63. The lowest BCUT2D eigenvalue weighted by molar-refractivity contribution is 0.0686. The summed E-state index contributed by atoms with van der Waals surface area (Å²) in [7, 11) is 0. The molecule has 5 heteroatoms. The highest BCUT2D eigenvalue weighted by Crippen LogP contribution is 2.24. The van der Waals surface area contributed by atoms with E-state index >= 15 is 0 Å². The van der Waals surface area contributed by atoms with Crippen LogP contribution in [0.4, 0.5) is 0 Å². The van der Waals surface area contributed by atoms with Crippen LogP contribution in [0, 0.1) is 0 Å². The molecule has 4 nitrogen and oxygen atoms in total. The van der Waals surface area contributed by atoms with Crippen molar-refractivity contribution in [3.8, 4) is 0 Å². The molecule has 0 bridgehead atoms. The first-order chi connectivity index (χ1) is 9.16. The predicted molar refractivity (Wildman–Crippen MR) is 71.7 cm³/mol. The third-order valence-electron chi connectivity index (χ3n) is 3.03. The number of hydrogen-bond donors (Lipinski definition) is 1. The highest BCUT2D eigenvalue weighted by Gasteiger charge is 2.17. The number of aromatic carboxylic acids is 1. The van der Waals surface area contributed by atoms with Gasteiger partial charge < -0.3 is 14.1 Å². The molecule has 0 amide bonds. The number of rotatable bonds is 3. The van der Waals surface area contributed by atoms with E-state index in [1.807, 2.05) is 18.2 Å². The molecule has 1 N–H and O–H groups in total.